The molecule has 1 atom stereocenters. The van der Waals surface area contributed by atoms with Crippen LogP contribution in [0.2, 0.25) is 0 Å². The van der Waals surface area contributed by atoms with Crippen molar-refractivity contribution in [2.24, 2.45) is 0 Å². The van der Waals surface area contributed by atoms with Gasteiger partial charge >= 0.3 is 0 Å². The second-order valence-electron chi connectivity index (χ2n) is 5.43. The summed E-state index contributed by atoms with van der Waals surface area (Å²) in [5.41, 5.74) is 0.0460. The molecule has 0 spiro atoms. The number of rotatable bonds is 4. The van der Waals surface area contributed by atoms with Crippen molar-refractivity contribution in [3.05, 3.63) is 0 Å². The van der Waals surface area contributed by atoms with Gasteiger partial charge < -0.3 is 10.4 Å². The molecule has 4 nitrogen and oxygen atoms in total. The van der Waals surface area contributed by atoms with E-state index in [9.17, 15) is 9.32 Å². The second-order valence-corrected chi connectivity index (χ2v) is 7.13. The lowest BCUT2D eigenvalue weighted by Crippen LogP contribution is -2.47. The van der Waals surface area contributed by atoms with Crippen LogP contribution in [0.15, 0.2) is 0 Å². The average molecular weight is 248 g/mol. The molecule has 0 aromatic heterocycles. The molecule has 1 aliphatic rings. The third-order valence-corrected chi connectivity index (χ3v) is 3.88. The smallest absolute Gasteiger partial charge is 0.0791 e. The van der Waals surface area contributed by atoms with E-state index in [0.717, 1.165) is 24.6 Å². The SMILES string of the molecule is CC(C)(C)NCC(O)CN1CCS(=O)CC1. The largest absolute Gasteiger partial charge is 0.390 e. The Labute approximate surface area is 101 Å². The average Bonchev–Trinajstić information content (AvgIpc) is 2.18. The van der Waals surface area contributed by atoms with Crippen LogP contribution in [-0.2, 0) is 10.8 Å². The van der Waals surface area contributed by atoms with E-state index in [1.807, 2.05) is 0 Å². The van der Waals surface area contributed by atoms with Crippen molar-refractivity contribution in [3.63, 3.8) is 0 Å². The predicted octanol–water partition coefficient (Wildman–Crippen LogP) is -0.200. The molecule has 0 amide bonds. The normalized spacial score (nSPS) is 22.2. The van der Waals surface area contributed by atoms with Crippen LogP contribution in [0.1, 0.15) is 20.8 Å². The zero-order valence-corrected chi connectivity index (χ0v) is 11.3. The maximum atomic E-state index is 11.2. The van der Waals surface area contributed by atoms with Gasteiger partial charge in [0.2, 0.25) is 0 Å². The highest BCUT2D eigenvalue weighted by atomic mass is 32.2. The Morgan fingerprint density at radius 2 is 1.94 bits per heavy atom. The molecule has 96 valence electrons. The molecule has 1 aliphatic heterocycles. The lowest BCUT2D eigenvalue weighted by molar-refractivity contribution is 0.110. The summed E-state index contributed by atoms with van der Waals surface area (Å²) in [6.07, 6.45) is -0.342. The van der Waals surface area contributed by atoms with E-state index in [1.54, 1.807) is 0 Å². The summed E-state index contributed by atoms with van der Waals surface area (Å²) < 4.78 is 11.2. The summed E-state index contributed by atoms with van der Waals surface area (Å²) in [5.74, 6) is 1.50. The highest BCUT2D eigenvalue weighted by Crippen LogP contribution is 2.02. The van der Waals surface area contributed by atoms with Gasteiger partial charge in [0, 0.05) is 54.0 Å². The summed E-state index contributed by atoms with van der Waals surface area (Å²) >= 11 is 0. The minimum atomic E-state index is -0.632. The molecule has 1 rings (SSSR count). The van der Waals surface area contributed by atoms with Crippen LogP contribution in [0.25, 0.3) is 0 Å². The fourth-order valence-electron chi connectivity index (χ4n) is 1.64. The number of β-amino-alcohol motifs (C(OH)–C–C–N with tert-alkyl or cyclic N) is 1. The van der Waals surface area contributed by atoms with Gasteiger partial charge in [0.15, 0.2) is 0 Å². The fraction of sp³-hybridized carbons (Fsp3) is 1.00. The number of aliphatic hydroxyl groups is 1. The quantitative estimate of drug-likeness (QED) is 0.723. The standard InChI is InChI=1S/C11H24N2O2S/c1-11(2,3)12-8-10(14)9-13-4-6-16(15)7-5-13/h10,12,14H,4-9H2,1-3H3. The molecule has 0 radical (unpaired) electrons. The van der Waals surface area contributed by atoms with Gasteiger partial charge in [0.25, 0.3) is 0 Å². The Hall–Kier alpha value is 0.0300. The molecular weight excluding hydrogens is 224 g/mol. The molecular formula is C11H24N2O2S. The van der Waals surface area contributed by atoms with Crippen LogP contribution in [0.4, 0.5) is 0 Å². The lowest BCUT2D eigenvalue weighted by Gasteiger charge is -2.29. The number of nitrogens with one attached hydrogen (secondary N) is 1. The molecule has 1 saturated heterocycles. The molecule has 1 fully saturated rings. The first kappa shape index (κ1) is 14.1. The van der Waals surface area contributed by atoms with Crippen molar-refractivity contribution >= 4 is 10.8 Å². The summed E-state index contributed by atoms with van der Waals surface area (Å²) in [6.45, 7) is 9.25. The summed E-state index contributed by atoms with van der Waals surface area (Å²) in [7, 11) is -0.632. The van der Waals surface area contributed by atoms with E-state index in [-0.39, 0.29) is 11.6 Å². The summed E-state index contributed by atoms with van der Waals surface area (Å²) in [5, 5.41) is 13.1. The van der Waals surface area contributed by atoms with Gasteiger partial charge in [-0.05, 0) is 20.8 Å². The zero-order valence-electron chi connectivity index (χ0n) is 10.5. The van der Waals surface area contributed by atoms with Crippen molar-refractivity contribution in [1.82, 2.24) is 10.2 Å². The molecule has 0 aromatic carbocycles. The van der Waals surface area contributed by atoms with Crippen molar-refractivity contribution in [1.29, 1.82) is 0 Å². The molecule has 0 bridgehead atoms. The Balaban J connectivity index is 2.19. The van der Waals surface area contributed by atoms with Gasteiger partial charge in [0.1, 0.15) is 0 Å². The molecule has 16 heavy (non-hydrogen) atoms. The Morgan fingerprint density at radius 3 is 2.44 bits per heavy atom. The predicted molar refractivity (Wildman–Crippen MR) is 68.1 cm³/mol. The maximum absolute atomic E-state index is 11.2. The van der Waals surface area contributed by atoms with Crippen LogP contribution in [0.5, 0.6) is 0 Å². The fourth-order valence-corrected chi connectivity index (χ4v) is 2.77. The Bertz CT molecular complexity index is 231. The van der Waals surface area contributed by atoms with Gasteiger partial charge in [-0.1, -0.05) is 0 Å². The van der Waals surface area contributed by atoms with E-state index < -0.39 is 10.8 Å². The topological polar surface area (TPSA) is 52.6 Å². The molecule has 1 heterocycles. The van der Waals surface area contributed by atoms with Gasteiger partial charge in [0.05, 0.1) is 6.10 Å². The highest BCUT2D eigenvalue weighted by Gasteiger charge is 2.19. The number of aliphatic hydroxyl groups excluding tert-OH is 1. The van der Waals surface area contributed by atoms with Crippen molar-refractivity contribution in [3.8, 4) is 0 Å². The minimum absolute atomic E-state index is 0.0460. The van der Waals surface area contributed by atoms with Crippen LogP contribution in [-0.4, -0.2) is 63.5 Å². The van der Waals surface area contributed by atoms with Crippen molar-refractivity contribution < 1.29 is 9.32 Å². The molecule has 0 aliphatic carbocycles. The monoisotopic (exact) mass is 248 g/mol. The van der Waals surface area contributed by atoms with Crippen molar-refractivity contribution in [2.45, 2.75) is 32.4 Å². The zero-order chi connectivity index (χ0) is 12.2. The van der Waals surface area contributed by atoms with Crippen LogP contribution in [0.3, 0.4) is 0 Å². The summed E-state index contributed by atoms with van der Waals surface area (Å²) in [4.78, 5) is 2.19. The minimum Gasteiger partial charge on any atom is -0.390 e. The maximum Gasteiger partial charge on any atom is 0.0791 e. The third kappa shape index (κ3) is 5.94. The van der Waals surface area contributed by atoms with Gasteiger partial charge in [-0.2, -0.15) is 0 Å². The number of hydrogen-bond acceptors (Lipinski definition) is 4. The lowest BCUT2D eigenvalue weighted by atomic mass is 10.1. The van der Waals surface area contributed by atoms with Crippen molar-refractivity contribution in [2.75, 3.05) is 37.7 Å². The van der Waals surface area contributed by atoms with Gasteiger partial charge in [-0.25, -0.2) is 0 Å². The van der Waals surface area contributed by atoms with Crippen LogP contribution >= 0.6 is 0 Å². The summed E-state index contributed by atoms with van der Waals surface area (Å²) in [6, 6.07) is 0. The van der Waals surface area contributed by atoms with E-state index in [0.29, 0.717) is 13.1 Å². The number of nitrogens with zero attached hydrogens (tertiary/aromatic N) is 1. The Morgan fingerprint density at radius 1 is 1.38 bits per heavy atom. The Kier molecular flexibility index (Phi) is 5.37. The first-order valence-electron chi connectivity index (χ1n) is 5.87. The van der Waals surface area contributed by atoms with E-state index >= 15 is 0 Å². The van der Waals surface area contributed by atoms with E-state index in [4.69, 9.17) is 0 Å². The molecule has 0 aromatic rings. The second kappa shape index (κ2) is 6.10. The van der Waals surface area contributed by atoms with Crippen LogP contribution < -0.4 is 5.32 Å². The third-order valence-electron chi connectivity index (χ3n) is 2.61. The molecule has 0 saturated carbocycles. The first-order chi connectivity index (χ1) is 7.37. The van der Waals surface area contributed by atoms with E-state index in [1.165, 1.54) is 0 Å². The van der Waals surface area contributed by atoms with Crippen LogP contribution in [0, 0.1) is 0 Å². The molecule has 5 heteroatoms. The molecule has 2 N–H and O–H groups in total. The molecule has 1 unspecified atom stereocenters. The first-order valence-corrected chi connectivity index (χ1v) is 7.36. The number of hydrogen-bond donors (Lipinski definition) is 2. The van der Waals surface area contributed by atoms with E-state index in [2.05, 4.69) is 31.0 Å². The van der Waals surface area contributed by atoms with Gasteiger partial charge in [-0.3, -0.25) is 9.11 Å². The van der Waals surface area contributed by atoms with Gasteiger partial charge in [-0.15, -0.1) is 0 Å². The highest BCUT2D eigenvalue weighted by molar-refractivity contribution is 7.85.